The average Bonchev–Trinajstić information content (AvgIpc) is 3.17. The van der Waals surface area contributed by atoms with Crippen molar-refractivity contribution in [3.8, 4) is 0 Å². The molecule has 25 heavy (non-hydrogen) atoms. The third-order valence-corrected chi connectivity index (χ3v) is 4.48. The number of ether oxygens (including phenoxy) is 1. The molecule has 0 aliphatic heterocycles. The predicted octanol–water partition coefficient (Wildman–Crippen LogP) is 2.78. The Morgan fingerprint density at radius 1 is 1.00 bits per heavy atom. The number of imidazole rings is 1. The lowest BCUT2D eigenvalue weighted by Gasteiger charge is -2.29. The fourth-order valence-corrected chi connectivity index (χ4v) is 3.28. The molecule has 0 aliphatic carbocycles. The summed E-state index contributed by atoms with van der Waals surface area (Å²) in [5.41, 5.74) is 1.64. The number of hydrogen-bond acceptors (Lipinski definition) is 4. The molecule has 3 rings (SSSR count). The summed E-state index contributed by atoms with van der Waals surface area (Å²) >= 11 is 0. The van der Waals surface area contributed by atoms with Crippen LogP contribution in [0.3, 0.4) is 0 Å². The molecule has 0 aliphatic rings. The Kier molecular flexibility index (Phi) is 4.24. The second-order valence-electron chi connectivity index (χ2n) is 7.25. The van der Waals surface area contributed by atoms with Crippen molar-refractivity contribution in [3.63, 3.8) is 0 Å². The van der Waals surface area contributed by atoms with Gasteiger partial charge < -0.3 is 9.30 Å². The maximum Gasteiger partial charge on any atom is 0.211 e. The number of aromatic nitrogens is 5. The first kappa shape index (κ1) is 17.4. The average molecular weight is 339 g/mol. The number of rotatable bonds is 4. The summed E-state index contributed by atoms with van der Waals surface area (Å²) < 4.78 is 9.95. The van der Waals surface area contributed by atoms with Crippen molar-refractivity contribution in [1.82, 2.24) is 24.3 Å². The van der Waals surface area contributed by atoms with Crippen LogP contribution in [-0.2, 0) is 29.8 Å². The maximum absolute atomic E-state index is 6.09. The summed E-state index contributed by atoms with van der Waals surface area (Å²) in [6, 6.07) is 7.88. The first-order chi connectivity index (χ1) is 11.8. The van der Waals surface area contributed by atoms with Gasteiger partial charge in [-0.15, -0.1) is 0 Å². The Morgan fingerprint density at radius 2 is 1.76 bits per heavy atom. The quantitative estimate of drug-likeness (QED) is 0.733. The van der Waals surface area contributed by atoms with E-state index in [1.807, 2.05) is 47.7 Å². The summed E-state index contributed by atoms with van der Waals surface area (Å²) in [7, 11) is 5.59. The lowest BCUT2D eigenvalue weighted by molar-refractivity contribution is 0.0407. The highest BCUT2D eigenvalue weighted by molar-refractivity contribution is 5.38. The van der Waals surface area contributed by atoms with E-state index < -0.39 is 5.60 Å². The van der Waals surface area contributed by atoms with Gasteiger partial charge in [-0.3, -0.25) is 9.67 Å². The van der Waals surface area contributed by atoms with E-state index in [0.717, 1.165) is 22.9 Å². The minimum Gasteiger partial charge on any atom is -0.358 e. The van der Waals surface area contributed by atoms with Crippen LogP contribution in [-0.4, -0.2) is 31.4 Å². The van der Waals surface area contributed by atoms with E-state index in [-0.39, 0.29) is 5.41 Å². The summed E-state index contributed by atoms with van der Waals surface area (Å²) in [6.45, 7) is 6.51. The van der Waals surface area contributed by atoms with Gasteiger partial charge in [-0.1, -0.05) is 26.8 Å². The molecule has 3 heterocycles. The maximum atomic E-state index is 6.09. The molecule has 0 N–H and O–H groups in total. The molecular formula is C19H25N5O. The topological polar surface area (TPSA) is 57.8 Å². The van der Waals surface area contributed by atoms with Crippen LogP contribution in [0.4, 0.5) is 0 Å². The van der Waals surface area contributed by atoms with E-state index >= 15 is 0 Å². The van der Waals surface area contributed by atoms with Crippen molar-refractivity contribution in [2.45, 2.75) is 31.8 Å². The molecule has 0 bridgehead atoms. The summed E-state index contributed by atoms with van der Waals surface area (Å²) in [5.74, 6) is 0.743. The number of aryl methyl sites for hydroxylation is 2. The van der Waals surface area contributed by atoms with Gasteiger partial charge in [0.25, 0.3) is 0 Å². The first-order valence-electron chi connectivity index (χ1n) is 8.30. The molecule has 0 saturated carbocycles. The molecule has 3 aromatic rings. The lowest BCUT2D eigenvalue weighted by Crippen LogP contribution is -2.36. The molecule has 0 fully saturated rings. The summed E-state index contributed by atoms with van der Waals surface area (Å²) in [4.78, 5) is 9.13. The lowest BCUT2D eigenvalue weighted by atomic mass is 9.88. The van der Waals surface area contributed by atoms with Gasteiger partial charge in [-0.2, -0.15) is 5.10 Å². The van der Waals surface area contributed by atoms with Crippen LogP contribution in [0.2, 0.25) is 0 Å². The fourth-order valence-electron chi connectivity index (χ4n) is 3.28. The molecular weight excluding hydrogens is 314 g/mol. The van der Waals surface area contributed by atoms with Crippen molar-refractivity contribution < 1.29 is 4.74 Å². The van der Waals surface area contributed by atoms with Crippen LogP contribution in [0.5, 0.6) is 0 Å². The van der Waals surface area contributed by atoms with Crippen molar-refractivity contribution in [2.24, 2.45) is 14.1 Å². The van der Waals surface area contributed by atoms with Gasteiger partial charge in [0.05, 0.1) is 5.69 Å². The Hall–Kier alpha value is -2.47. The third kappa shape index (κ3) is 2.76. The number of methoxy groups -OCH3 is 1. The molecule has 0 aromatic carbocycles. The van der Waals surface area contributed by atoms with Gasteiger partial charge in [0, 0.05) is 50.9 Å². The van der Waals surface area contributed by atoms with Gasteiger partial charge in [-0.25, -0.2) is 4.98 Å². The Balaban J connectivity index is 2.32. The highest BCUT2D eigenvalue weighted by Gasteiger charge is 2.44. The second-order valence-corrected chi connectivity index (χ2v) is 7.25. The Labute approximate surface area is 148 Å². The Morgan fingerprint density at radius 3 is 2.24 bits per heavy atom. The molecule has 3 aromatic heterocycles. The highest BCUT2D eigenvalue weighted by Crippen LogP contribution is 2.38. The zero-order valence-electron chi connectivity index (χ0n) is 15.7. The second kappa shape index (κ2) is 6.11. The molecule has 0 amide bonds. The third-order valence-electron chi connectivity index (χ3n) is 4.48. The standard InChI is InChI=1S/C19H25N5O/c1-18(2,3)16-13-15(22-24(16)5)19(25-6,14-9-7-8-10-20-14)17-21-11-12-23(17)4/h7-13H,1-6H3. The van der Waals surface area contributed by atoms with Crippen LogP contribution in [0.25, 0.3) is 0 Å². The minimum absolute atomic E-state index is 0.0365. The van der Waals surface area contributed by atoms with E-state index in [4.69, 9.17) is 9.84 Å². The van der Waals surface area contributed by atoms with Crippen LogP contribution < -0.4 is 0 Å². The molecule has 6 nitrogen and oxygen atoms in total. The molecule has 0 radical (unpaired) electrons. The van der Waals surface area contributed by atoms with E-state index in [1.165, 1.54) is 0 Å². The van der Waals surface area contributed by atoms with Crippen molar-refractivity contribution in [1.29, 1.82) is 0 Å². The van der Waals surface area contributed by atoms with Crippen LogP contribution in [0.15, 0.2) is 42.9 Å². The predicted molar refractivity (Wildman–Crippen MR) is 96.2 cm³/mol. The Bertz CT molecular complexity index is 860. The van der Waals surface area contributed by atoms with Gasteiger partial charge in [0.1, 0.15) is 5.69 Å². The van der Waals surface area contributed by atoms with Crippen LogP contribution >= 0.6 is 0 Å². The van der Waals surface area contributed by atoms with Gasteiger partial charge >= 0.3 is 0 Å². The molecule has 0 saturated heterocycles. The van der Waals surface area contributed by atoms with Crippen LogP contribution in [0, 0.1) is 0 Å². The van der Waals surface area contributed by atoms with E-state index in [1.54, 1.807) is 19.5 Å². The van der Waals surface area contributed by atoms with Gasteiger partial charge in [-0.05, 0) is 18.2 Å². The first-order valence-corrected chi connectivity index (χ1v) is 8.30. The largest absolute Gasteiger partial charge is 0.358 e. The highest BCUT2D eigenvalue weighted by atomic mass is 16.5. The number of hydrogen-bond donors (Lipinski definition) is 0. The van der Waals surface area contributed by atoms with Crippen molar-refractivity contribution in [2.75, 3.05) is 7.11 Å². The van der Waals surface area contributed by atoms with Gasteiger partial charge in [0.2, 0.25) is 5.60 Å². The van der Waals surface area contributed by atoms with E-state index in [9.17, 15) is 0 Å². The van der Waals surface area contributed by atoms with Crippen LogP contribution in [0.1, 0.15) is 43.7 Å². The minimum atomic E-state index is -0.971. The van der Waals surface area contributed by atoms with E-state index in [2.05, 4.69) is 36.8 Å². The smallest absolute Gasteiger partial charge is 0.211 e. The fraction of sp³-hybridized carbons (Fsp3) is 0.421. The van der Waals surface area contributed by atoms with Crippen molar-refractivity contribution in [3.05, 3.63) is 65.8 Å². The summed E-state index contributed by atoms with van der Waals surface area (Å²) in [5, 5.41) is 4.79. The SMILES string of the molecule is COC(c1ccccn1)(c1cc(C(C)(C)C)n(C)n1)c1nccn1C. The molecule has 0 spiro atoms. The van der Waals surface area contributed by atoms with E-state index in [0.29, 0.717) is 0 Å². The molecule has 132 valence electrons. The normalized spacial score (nSPS) is 14.5. The summed E-state index contributed by atoms with van der Waals surface area (Å²) in [6.07, 6.45) is 5.43. The zero-order chi connectivity index (χ0) is 18.2. The van der Waals surface area contributed by atoms with Crippen molar-refractivity contribution >= 4 is 0 Å². The molecule has 1 atom stereocenters. The monoisotopic (exact) mass is 339 g/mol. The number of nitrogens with zero attached hydrogens (tertiary/aromatic N) is 5. The van der Waals surface area contributed by atoms with Gasteiger partial charge in [0.15, 0.2) is 5.82 Å². The number of pyridine rings is 1. The molecule has 1 unspecified atom stereocenters. The molecule has 6 heteroatoms. The zero-order valence-corrected chi connectivity index (χ0v) is 15.7.